The van der Waals surface area contributed by atoms with Gasteiger partial charge in [0.2, 0.25) is 11.8 Å². The zero-order valence-corrected chi connectivity index (χ0v) is 19.8. The Balaban J connectivity index is 1.82. The predicted molar refractivity (Wildman–Crippen MR) is 122 cm³/mol. The maximum absolute atomic E-state index is 13.1. The number of nitrogens with one attached hydrogen (secondary N) is 1. The highest BCUT2D eigenvalue weighted by Crippen LogP contribution is 2.38. The average molecular weight is 514 g/mol. The predicted octanol–water partition coefficient (Wildman–Crippen LogP) is 4.51. The molecule has 0 aliphatic carbocycles. The van der Waals surface area contributed by atoms with Gasteiger partial charge in [0, 0.05) is 34.6 Å². The molecule has 30 heavy (non-hydrogen) atoms. The van der Waals surface area contributed by atoms with Crippen molar-refractivity contribution >= 4 is 60.6 Å². The van der Waals surface area contributed by atoms with Gasteiger partial charge in [-0.25, -0.2) is 8.42 Å². The number of anilines is 2. The average Bonchev–Trinajstić information content (AvgIpc) is 3.12. The van der Waals surface area contributed by atoms with Gasteiger partial charge in [-0.1, -0.05) is 40.5 Å². The fraction of sp³-hybridized carbons (Fsp3) is 0.333. The largest absolute Gasteiger partial charge is 0.326 e. The number of carbonyl (C=O) groups excluding carboxylic acids is 2. The first-order chi connectivity index (χ1) is 14.1. The SMILES string of the molecule is CCC(=O)N1CCc2cc(Br)cc(S(=O)(=O)CCC(=O)Nc3cccc(Cl)c3C)c21. The highest BCUT2D eigenvalue weighted by Gasteiger charge is 2.32. The molecule has 1 heterocycles. The number of fused-ring (bicyclic) bond motifs is 1. The molecular weight excluding hydrogens is 492 g/mol. The zero-order chi connectivity index (χ0) is 22.1. The van der Waals surface area contributed by atoms with Crippen LogP contribution in [0.2, 0.25) is 5.02 Å². The summed E-state index contributed by atoms with van der Waals surface area (Å²) in [6.07, 6.45) is 0.672. The van der Waals surface area contributed by atoms with E-state index in [-0.39, 0.29) is 29.4 Å². The summed E-state index contributed by atoms with van der Waals surface area (Å²) in [5, 5.41) is 3.23. The fourth-order valence-corrected chi connectivity index (χ4v) is 5.79. The molecule has 0 fully saturated rings. The number of rotatable bonds is 6. The Labute approximate surface area is 189 Å². The van der Waals surface area contributed by atoms with E-state index in [1.807, 2.05) is 6.07 Å². The molecule has 0 unspecified atom stereocenters. The molecule has 0 spiro atoms. The van der Waals surface area contributed by atoms with Crippen LogP contribution < -0.4 is 10.2 Å². The number of nitrogens with zero attached hydrogens (tertiary/aromatic N) is 1. The summed E-state index contributed by atoms with van der Waals surface area (Å²) in [5.41, 5.74) is 2.52. The van der Waals surface area contributed by atoms with Crippen molar-refractivity contribution in [2.75, 3.05) is 22.5 Å². The standard InChI is InChI=1S/C21H22BrClN2O4S/c1-3-20(27)25-9-7-14-11-15(22)12-18(21(14)25)30(28,29)10-8-19(26)24-17-6-4-5-16(23)13(17)2/h4-6,11-12H,3,7-10H2,1-2H3,(H,24,26). The lowest BCUT2D eigenvalue weighted by molar-refractivity contribution is -0.118. The molecule has 1 aliphatic heterocycles. The van der Waals surface area contributed by atoms with E-state index in [9.17, 15) is 18.0 Å². The maximum atomic E-state index is 13.1. The first-order valence-electron chi connectivity index (χ1n) is 9.54. The lowest BCUT2D eigenvalue weighted by Crippen LogP contribution is -2.29. The molecule has 6 nitrogen and oxygen atoms in total. The summed E-state index contributed by atoms with van der Waals surface area (Å²) >= 11 is 9.42. The van der Waals surface area contributed by atoms with Crippen molar-refractivity contribution in [2.24, 2.45) is 0 Å². The Morgan fingerprint density at radius 3 is 2.70 bits per heavy atom. The second kappa shape index (κ2) is 9.08. The molecule has 0 saturated heterocycles. The molecule has 9 heteroatoms. The van der Waals surface area contributed by atoms with Crippen molar-refractivity contribution < 1.29 is 18.0 Å². The van der Waals surface area contributed by atoms with Gasteiger partial charge in [0.15, 0.2) is 9.84 Å². The monoisotopic (exact) mass is 512 g/mol. The van der Waals surface area contributed by atoms with Crippen LogP contribution in [0.15, 0.2) is 39.7 Å². The molecule has 0 aromatic heterocycles. The zero-order valence-electron chi connectivity index (χ0n) is 16.7. The summed E-state index contributed by atoms with van der Waals surface area (Å²) in [7, 11) is -3.80. The van der Waals surface area contributed by atoms with E-state index in [1.54, 1.807) is 32.0 Å². The van der Waals surface area contributed by atoms with Gasteiger partial charge in [-0.15, -0.1) is 0 Å². The highest BCUT2D eigenvalue weighted by molar-refractivity contribution is 9.10. The van der Waals surface area contributed by atoms with Crippen molar-refractivity contribution in [1.82, 2.24) is 0 Å². The summed E-state index contributed by atoms with van der Waals surface area (Å²) in [4.78, 5) is 26.3. The number of halogens is 2. The van der Waals surface area contributed by atoms with Crippen LogP contribution in [0.5, 0.6) is 0 Å². The topological polar surface area (TPSA) is 83.6 Å². The first-order valence-corrected chi connectivity index (χ1v) is 12.4. The van der Waals surface area contributed by atoms with E-state index in [4.69, 9.17) is 11.6 Å². The highest BCUT2D eigenvalue weighted by atomic mass is 79.9. The molecule has 0 atom stereocenters. The maximum Gasteiger partial charge on any atom is 0.226 e. The number of benzene rings is 2. The van der Waals surface area contributed by atoms with E-state index in [2.05, 4.69) is 21.2 Å². The summed E-state index contributed by atoms with van der Waals surface area (Å²) in [6, 6.07) is 8.49. The van der Waals surface area contributed by atoms with Crippen LogP contribution in [0, 0.1) is 6.92 Å². The van der Waals surface area contributed by atoms with Gasteiger partial charge >= 0.3 is 0 Å². The number of hydrogen-bond donors (Lipinski definition) is 1. The molecule has 0 bridgehead atoms. The Bertz CT molecular complexity index is 1120. The Morgan fingerprint density at radius 1 is 1.27 bits per heavy atom. The van der Waals surface area contributed by atoms with Crippen LogP contribution >= 0.6 is 27.5 Å². The minimum Gasteiger partial charge on any atom is -0.326 e. The minimum atomic E-state index is -3.80. The van der Waals surface area contributed by atoms with Gasteiger partial charge in [-0.2, -0.15) is 0 Å². The van der Waals surface area contributed by atoms with Crippen molar-refractivity contribution in [3.63, 3.8) is 0 Å². The summed E-state index contributed by atoms with van der Waals surface area (Å²) in [6.45, 7) is 3.98. The lowest BCUT2D eigenvalue weighted by Gasteiger charge is -2.20. The quantitative estimate of drug-likeness (QED) is 0.616. The van der Waals surface area contributed by atoms with E-state index in [0.29, 0.717) is 39.4 Å². The van der Waals surface area contributed by atoms with Crippen molar-refractivity contribution in [1.29, 1.82) is 0 Å². The minimum absolute atomic E-state index is 0.0814. The Kier molecular flexibility index (Phi) is 6.89. The van der Waals surface area contributed by atoms with Gasteiger partial charge in [-0.05, 0) is 48.7 Å². The lowest BCUT2D eigenvalue weighted by atomic mass is 10.2. The van der Waals surface area contributed by atoms with Crippen LogP contribution in [0.4, 0.5) is 11.4 Å². The third-order valence-electron chi connectivity index (χ3n) is 5.07. The van der Waals surface area contributed by atoms with Crippen molar-refractivity contribution in [3.05, 3.63) is 51.0 Å². The Morgan fingerprint density at radius 2 is 2.00 bits per heavy atom. The molecule has 2 amide bonds. The first kappa shape index (κ1) is 22.8. The third-order valence-corrected chi connectivity index (χ3v) is 7.66. The molecule has 0 radical (unpaired) electrons. The van der Waals surface area contributed by atoms with Crippen LogP contribution in [-0.4, -0.2) is 32.5 Å². The van der Waals surface area contributed by atoms with Gasteiger partial charge in [0.05, 0.1) is 16.3 Å². The van der Waals surface area contributed by atoms with Gasteiger partial charge in [-0.3, -0.25) is 9.59 Å². The summed E-state index contributed by atoms with van der Waals surface area (Å²) < 4.78 is 26.9. The van der Waals surface area contributed by atoms with Crippen molar-refractivity contribution in [3.8, 4) is 0 Å². The molecule has 0 saturated carbocycles. The van der Waals surface area contributed by atoms with Gasteiger partial charge < -0.3 is 10.2 Å². The van der Waals surface area contributed by atoms with E-state index in [1.165, 1.54) is 11.0 Å². The second-order valence-corrected chi connectivity index (χ2v) is 10.5. The third kappa shape index (κ3) is 4.71. The second-order valence-electron chi connectivity index (χ2n) is 7.09. The number of sulfone groups is 1. The smallest absolute Gasteiger partial charge is 0.226 e. The normalized spacial score (nSPS) is 13.3. The number of amides is 2. The molecule has 1 N–H and O–H groups in total. The van der Waals surface area contributed by atoms with Crippen LogP contribution in [-0.2, 0) is 25.8 Å². The van der Waals surface area contributed by atoms with Crippen LogP contribution in [0.1, 0.15) is 30.9 Å². The molecule has 2 aromatic carbocycles. The van der Waals surface area contributed by atoms with E-state index >= 15 is 0 Å². The number of hydrogen-bond acceptors (Lipinski definition) is 4. The van der Waals surface area contributed by atoms with Gasteiger partial charge in [0.1, 0.15) is 0 Å². The van der Waals surface area contributed by atoms with Crippen LogP contribution in [0.3, 0.4) is 0 Å². The van der Waals surface area contributed by atoms with E-state index < -0.39 is 15.7 Å². The molecule has 2 aromatic rings. The summed E-state index contributed by atoms with van der Waals surface area (Å²) in [5.74, 6) is -0.908. The molecule has 160 valence electrons. The van der Waals surface area contributed by atoms with Crippen LogP contribution in [0.25, 0.3) is 0 Å². The number of carbonyl (C=O) groups is 2. The Hall–Kier alpha value is -1.90. The van der Waals surface area contributed by atoms with Gasteiger partial charge in [0.25, 0.3) is 0 Å². The molecule has 1 aliphatic rings. The molecule has 3 rings (SSSR count). The fourth-order valence-electron chi connectivity index (χ4n) is 3.44. The molecular formula is C21H22BrClN2O4S. The van der Waals surface area contributed by atoms with E-state index in [0.717, 1.165) is 5.56 Å². The van der Waals surface area contributed by atoms with Crippen molar-refractivity contribution in [2.45, 2.75) is 38.0 Å².